The minimum Gasteiger partial charge on any atom is -0.478 e. The van der Waals surface area contributed by atoms with E-state index in [1.165, 1.54) is 24.3 Å². The van der Waals surface area contributed by atoms with Gasteiger partial charge in [0.15, 0.2) is 5.60 Å². The standard InChI is InChI=1S/C13H12F3NO4/c14-13(15,16)12(21)5-6-17(7-12)10(18)8-1-3-9(4-2-8)11(19)20/h1-4,21H,5-7H2,(H,19,20)/t12-/m0/s1. The molecular formula is C13H12F3NO4. The number of halogens is 3. The molecule has 0 radical (unpaired) electrons. The van der Waals surface area contributed by atoms with Crippen molar-refractivity contribution >= 4 is 11.9 Å². The van der Waals surface area contributed by atoms with Gasteiger partial charge in [0.2, 0.25) is 0 Å². The van der Waals surface area contributed by atoms with Crippen LogP contribution in [0.4, 0.5) is 13.2 Å². The van der Waals surface area contributed by atoms with Crippen molar-refractivity contribution in [3.63, 3.8) is 0 Å². The van der Waals surface area contributed by atoms with E-state index in [0.29, 0.717) is 0 Å². The summed E-state index contributed by atoms with van der Waals surface area (Å²) in [5.41, 5.74) is -2.84. The fourth-order valence-corrected chi connectivity index (χ4v) is 2.14. The van der Waals surface area contributed by atoms with Gasteiger partial charge in [-0.3, -0.25) is 4.79 Å². The molecule has 2 N–H and O–H groups in total. The number of alkyl halides is 3. The first kappa shape index (κ1) is 15.3. The monoisotopic (exact) mass is 303 g/mol. The van der Waals surface area contributed by atoms with Crippen LogP contribution in [0.25, 0.3) is 0 Å². The molecule has 0 aliphatic carbocycles. The number of hydrogen-bond acceptors (Lipinski definition) is 3. The van der Waals surface area contributed by atoms with Crippen LogP contribution in [-0.2, 0) is 0 Å². The molecule has 1 amide bonds. The van der Waals surface area contributed by atoms with Crippen molar-refractivity contribution in [3.05, 3.63) is 35.4 Å². The smallest absolute Gasteiger partial charge is 0.419 e. The summed E-state index contributed by atoms with van der Waals surface area (Å²) in [6.45, 7) is -1.04. The van der Waals surface area contributed by atoms with Gasteiger partial charge >= 0.3 is 12.1 Å². The fourth-order valence-electron chi connectivity index (χ4n) is 2.14. The number of benzene rings is 1. The number of rotatable bonds is 2. The average Bonchev–Trinajstić information content (AvgIpc) is 2.81. The number of carboxylic acid groups (broad SMARTS) is 1. The van der Waals surface area contributed by atoms with E-state index in [9.17, 15) is 27.9 Å². The number of likely N-dealkylation sites (tertiary alicyclic amines) is 1. The van der Waals surface area contributed by atoms with Gasteiger partial charge in [-0.15, -0.1) is 0 Å². The molecule has 1 saturated heterocycles. The van der Waals surface area contributed by atoms with Crippen molar-refractivity contribution in [2.24, 2.45) is 0 Å². The molecule has 1 aromatic carbocycles. The number of β-amino-alcohol motifs (C(OH)–C–C–N with tert-alkyl or cyclic N) is 1. The normalized spacial score (nSPS) is 22.4. The number of hydrogen-bond donors (Lipinski definition) is 2. The van der Waals surface area contributed by atoms with Crippen LogP contribution in [0, 0.1) is 0 Å². The number of nitrogens with zero attached hydrogens (tertiary/aromatic N) is 1. The van der Waals surface area contributed by atoms with E-state index >= 15 is 0 Å². The number of carbonyl (C=O) groups is 2. The lowest BCUT2D eigenvalue weighted by Gasteiger charge is -2.25. The number of amides is 1. The van der Waals surface area contributed by atoms with E-state index in [0.717, 1.165) is 4.90 Å². The Morgan fingerprint density at radius 1 is 1.14 bits per heavy atom. The van der Waals surface area contributed by atoms with Crippen LogP contribution in [0.1, 0.15) is 27.1 Å². The van der Waals surface area contributed by atoms with Gasteiger partial charge in [0.05, 0.1) is 12.1 Å². The average molecular weight is 303 g/mol. The summed E-state index contributed by atoms with van der Waals surface area (Å²) in [6.07, 6.45) is -5.37. The Morgan fingerprint density at radius 2 is 1.67 bits per heavy atom. The minimum absolute atomic E-state index is 0.0280. The van der Waals surface area contributed by atoms with Crippen LogP contribution in [0.3, 0.4) is 0 Å². The largest absolute Gasteiger partial charge is 0.478 e. The van der Waals surface area contributed by atoms with Gasteiger partial charge in [0.25, 0.3) is 5.91 Å². The molecular weight excluding hydrogens is 291 g/mol. The van der Waals surface area contributed by atoms with E-state index < -0.39 is 36.6 Å². The number of aromatic carboxylic acids is 1. The first-order valence-corrected chi connectivity index (χ1v) is 6.06. The Labute approximate surface area is 117 Å². The molecule has 0 bridgehead atoms. The highest BCUT2D eigenvalue weighted by atomic mass is 19.4. The van der Waals surface area contributed by atoms with Crippen molar-refractivity contribution in [2.45, 2.75) is 18.2 Å². The summed E-state index contributed by atoms with van der Waals surface area (Å²) in [4.78, 5) is 23.6. The third kappa shape index (κ3) is 2.85. The van der Waals surface area contributed by atoms with Gasteiger partial charge in [-0.25, -0.2) is 4.79 Å². The van der Waals surface area contributed by atoms with Crippen molar-refractivity contribution in [1.82, 2.24) is 4.90 Å². The van der Waals surface area contributed by atoms with Crippen molar-refractivity contribution in [2.75, 3.05) is 13.1 Å². The fraction of sp³-hybridized carbons (Fsp3) is 0.385. The second-order valence-corrected chi connectivity index (χ2v) is 4.89. The lowest BCUT2D eigenvalue weighted by atomic mass is 10.0. The molecule has 0 aromatic heterocycles. The third-order valence-electron chi connectivity index (χ3n) is 3.44. The predicted octanol–water partition coefficient (Wildman–Crippen LogP) is 1.52. The van der Waals surface area contributed by atoms with E-state index in [1.54, 1.807) is 0 Å². The molecule has 1 fully saturated rings. The maximum absolute atomic E-state index is 12.7. The molecule has 1 aliphatic rings. The van der Waals surface area contributed by atoms with E-state index in [1.807, 2.05) is 0 Å². The lowest BCUT2D eigenvalue weighted by molar-refractivity contribution is -0.253. The maximum Gasteiger partial charge on any atom is 0.419 e. The summed E-state index contributed by atoms with van der Waals surface area (Å²) in [5, 5.41) is 18.2. The molecule has 1 atom stereocenters. The highest BCUT2D eigenvalue weighted by molar-refractivity contribution is 5.96. The number of aliphatic hydroxyl groups is 1. The van der Waals surface area contributed by atoms with E-state index in [-0.39, 0.29) is 17.7 Å². The molecule has 114 valence electrons. The SMILES string of the molecule is O=C(O)c1ccc(C(=O)N2CC[C@@](O)(C(F)(F)F)C2)cc1. The first-order valence-electron chi connectivity index (χ1n) is 6.06. The molecule has 0 saturated carbocycles. The van der Waals surface area contributed by atoms with Gasteiger partial charge in [-0.1, -0.05) is 0 Å². The molecule has 0 unspecified atom stereocenters. The Kier molecular flexibility index (Phi) is 3.66. The van der Waals surface area contributed by atoms with Crippen molar-refractivity contribution in [3.8, 4) is 0 Å². The van der Waals surface area contributed by atoms with Gasteiger partial charge in [0.1, 0.15) is 0 Å². The highest BCUT2D eigenvalue weighted by Gasteiger charge is 2.57. The molecule has 1 heterocycles. The third-order valence-corrected chi connectivity index (χ3v) is 3.44. The minimum atomic E-state index is -4.80. The molecule has 8 heteroatoms. The second kappa shape index (κ2) is 5.03. The summed E-state index contributed by atoms with van der Waals surface area (Å²) >= 11 is 0. The van der Waals surface area contributed by atoms with Crippen LogP contribution in [0.2, 0.25) is 0 Å². The number of carbonyl (C=O) groups excluding carboxylic acids is 1. The van der Waals surface area contributed by atoms with Crippen LogP contribution >= 0.6 is 0 Å². The Morgan fingerprint density at radius 3 is 2.10 bits per heavy atom. The molecule has 1 aliphatic heterocycles. The van der Waals surface area contributed by atoms with Crippen LogP contribution in [0.5, 0.6) is 0 Å². The summed E-state index contributed by atoms with van der Waals surface area (Å²) in [5.74, 6) is -1.84. The quantitative estimate of drug-likeness (QED) is 0.868. The highest BCUT2D eigenvalue weighted by Crippen LogP contribution is 2.37. The summed E-state index contributed by atoms with van der Waals surface area (Å²) in [7, 11) is 0. The van der Waals surface area contributed by atoms with Crippen LogP contribution in [-0.4, -0.2) is 51.9 Å². The summed E-state index contributed by atoms with van der Waals surface area (Å²) < 4.78 is 38.0. The van der Waals surface area contributed by atoms with Crippen molar-refractivity contribution in [1.29, 1.82) is 0 Å². The maximum atomic E-state index is 12.7. The lowest BCUT2D eigenvalue weighted by Crippen LogP contribution is -2.48. The molecule has 0 spiro atoms. The van der Waals surface area contributed by atoms with Crippen LogP contribution in [0.15, 0.2) is 24.3 Å². The zero-order valence-corrected chi connectivity index (χ0v) is 10.7. The first-order chi connectivity index (χ1) is 9.64. The van der Waals surface area contributed by atoms with E-state index in [4.69, 9.17) is 5.11 Å². The Hall–Kier alpha value is -2.09. The molecule has 5 nitrogen and oxygen atoms in total. The topological polar surface area (TPSA) is 77.8 Å². The zero-order valence-electron chi connectivity index (χ0n) is 10.7. The van der Waals surface area contributed by atoms with Crippen molar-refractivity contribution < 1.29 is 33.0 Å². The van der Waals surface area contributed by atoms with Gasteiger partial charge in [0, 0.05) is 18.5 Å². The molecule has 1 aromatic rings. The number of carboxylic acids is 1. The zero-order chi connectivity index (χ0) is 15.8. The predicted molar refractivity (Wildman–Crippen MR) is 64.9 cm³/mol. The van der Waals surface area contributed by atoms with E-state index in [2.05, 4.69) is 0 Å². The molecule has 2 rings (SSSR count). The van der Waals surface area contributed by atoms with Gasteiger partial charge in [-0.05, 0) is 24.3 Å². The van der Waals surface area contributed by atoms with Crippen LogP contribution < -0.4 is 0 Å². The second-order valence-electron chi connectivity index (χ2n) is 4.89. The Bertz CT molecular complexity index is 570. The molecule has 21 heavy (non-hydrogen) atoms. The van der Waals surface area contributed by atoms with Gasteiger partial charge < -0.3 is 15.1 Å². The van der Waals surface area contributed by atoms with Gasteiger partial charge in [-0.2, -0.15) is 13.2 Å². The Balaban J connectivity index is 2.13. The summed E-state index contributed by atoms with van der Waals surface area (Å²) in [6, 6.07) is 4.86.